The number of hydrogen-bond acceptors (Lipinski definition) is 5. The molecule has 0 radical (unpaired) electrons. The number of amides is 2. The highest BCUT2D eigenvalue weighted by Crippen LogP contribution is 2.17. The molecule has 0 fully saturated rings. The fourth-order valence-corrected chi connectivity index (χ4v) is 2.78. The minimum Gasteiger partial charge on any atom is -0.350 e. The summed E-state index contributed by atoms with van der Waals surface area (Å²) in [5.41, 5.74) is 0.418. The van der Waals surface area contributed by atoms with Gasteiger partial charge in [-0.25, -0.2) is 8.78 Å². The number of aromatic nitrogens is 4. The molecule has 3 rings (SSSR count). The first-order chi connectivity index (χ1) is 14.6. The summed E-state index contributed by atoms with van der Waals surface area (Å²) in [5.74, 6) is -1.49. The predicted octanol–water partition coefficient (Wildman–Crippen LogP) is 2.57. The number of carbonyl (C=O) groups is 2. The van der Waals surface area contributed by atoms with Gasteiger partial charge < -0.3 is 10.2 Å². The van der Waals surface area contributed by atoms with Crippen LogP contribution in [-0.4, -0.2) is 44.1 Å². The minimum atomic E-state index is -0.487. The molecule has 3 aromatic rings. The molecule has 0 atom stereocenters. The average Bonchev–Trinajstić information content (AvgIpc) is 3.14. The molecule has 0 bridgehead atoms. The Labute approximate surface area is 177 Å². The van der Waals surface area contributed by atoms with Gasteiger partial charge >= 0.3 is 0 Å². The second kappa shape index (κ2) is 8.99. The Balaban J connectivity index is 1.78. The van der Waals surface area contributed by atoms with Gasteiger partial charge in [-0.2, -0.15) is 4.80 Å². The quantitative estimate of drug-likeness (QED) is 0.651. The predicted molar refractivity (Wildman–Crippen MR) is 110 cm³/mol. The number of halogens is 2. The van der Waals surface area contributed by atoms with Gasteiger partial charge in [0.05, 0.1) is 0 Å². The number of rotatable bonds is 6. The highest BCUT2D eigenvalue weighted by atomic mass is 19.1. The van der Waals surface area contributed by atoms with E-state index in [9.17, 15) is 18.4 Å². The van der Waals surface area contributed by atoms with Crippen LogP contribution in [0.25, 0.3) is 11.4 Å². The Morgan fingerprint density at radius 2 is 1.58 bits per heavy atom. The Kier molecular flexibility index (Phi) is 6.38. The zero-order valence-corrected chi connectivity index (χ0v) is 17.3. The maximum Gasteiger partial charge on any atom is 0.251 e. The molecule has 1 aromatic heterocycles. The van der Waals surface area contributed by atoms with E-state index in [1.54, 1.807) is 0 Å². The van der Waals surface area contributed by atoms with E-state index in [2.05, 4.69) is 20.7 Å². The molecule has 1 N–H and O–H groups in total. The number of nitrogens with one attached hydrogen (secondary N) is 1. The molecule has 0 aliphatic heterocycles. The van der Waals surface area contributed by atoms with E-state index in [0.717, 1.165) is 4.80 Å². The van der Waals surface area contributed by atoms with Crippen molar-refractivity contribution in [1.82, 2.24) is 25.5 Å². The van der Waals surface area contributed by atoms with Crippen molar-refractivity contribution >= 4 is 17.5 Å². The lowest BCUT2D eigenvalue weighted by molar-refractivity contribution is -0.125. The Bertz CT molecular complexity index is 1060. The van der Waals surface area contributed by atoms with E-state index in [0.29, 0.717) is 11.3 Å². The fraction of sp³-hybridized carbons (Fsp3) is 0.286. The van der Waals surface area contributed by atoms with Crippen molar-refractivity contribution in [3.63, 3.8) is 0 Å². The second-order valence-electron chi connectivity index (χ2n) is 7.90. The first-order valence-corrected chi connectivity index (χ1v) is 9.51. The van der Waals surface area contributed by atoms with Crippen molar-refractivity contribution in [2.45, 2.75) is 32.9 Å². The number of hydrogen-bond donors (Lipinski definition) is 1. The summed E-state index contributed by atoms with van der Waals surface area (Å²) in [6.07, 6.45) is 0. The molecule has 8 nitrogen and oxygen atoms in total. The Morgan fingerprint density at radius 3 is 2.16 bits per heavy atom. The van der Waals surface area contributed by atoms with Crippen molar-refractivity contribution in [2.75, 3.05) is 11.4 Å². The SMILES string of the molecule is CC(C)(C)NC(=O)CN(C(=O)Cn1nnc(-c2ccc(F)cc2)n1)c1ccc(F)cc1. The van der Waals surface area contributed by atoms with Gasteiger partial charge in [0.25, 0.3) is 5.91 Å². The van der Waals surface area contributed by atoms with Crippen LogP contribution in [0.3, 0.4) is 0 Å². The van der Waals surface area contributed by atoms with Crippen LogP contribution in [0.4, 0.5) is 14.5 Å². The van der Waals surface area contributed by atoms with E-state index in [1.807, 2.05) is 20.8 Å². The molecule has 0 unspecified atom stereocenters. The molecule has 2 amide bonds. The van der Waals surface area contributed by atoms with Gasteiger partial charge in [0.2, 0.25) is 11.7 Å². The summed E-state index contributed by atoms with van der Waals surface area (Å²) >= 11 is 0. The molecular formula is C21H22F2N6O2. The van der Waals surface area contributed by atoms with Gasteiger partial charge in [-0.15, -0.1) is 10.2 Å². The number of tetrazole rings is 1. The van der Waals surface area contributed by atoms with Crippen molar-refractivity contribution in [2.24, 2.45) is 0 Å². The van der Waals surface area contributed by atoms with Gasteiger partial charge in [-0.3, -0.25) is 9.59 Å². The molecule has 0 aliphatic carbocycles. The molecular weight excluding hydrogens is 406 g/mol. The van der Waals surface area contributed by atoms with Gasteiger partial charge in [-0.1, -0.05) is 0 Å². The third-order valence-electron chi connectivity index (χ3n) is 4.09. The standard InChI is InChI=1S/C21H22F2N6O2/c1-21(2,3)24-18(30)12-28(17-10-8-16(23)9-11-17)19(31)13-29-26-20(25-27-29)14-4-6-15(22)7-5-14/h4-11H,12-13H2,1-3H3,(H,24,30). The number of benzene rings is 2. The molecule has 31 heavy (non-hydrogen) atoms. The molecule has 10 heteroatoms. The minimum absolute atomic E-state index is 0.228. The molecule has 0 saturated heterocycles. The maximum atomic E-state index is 13.3. The number of nitrogens with zero attached hydrogens (tertiary/aromatic N) is 5. The summed E-state index contributed by atoms with van der Waals surface area (Å²) in [6.45, 7) is 4.91. The highest BCUT2D eigenvalue weighted by molar-refractivity contribution is 5.98. The van der Waals surface area contributed by atoms with E-state index < -0.39 is 23.1 Å². The van der Waals surface area contributed by atoms with Crippen LogP contribution >= 0.6 is 0 Å². The Morgan fingerprint density at radius 1 is 1.00 bits per heavy atom. The summed E-state index contributed by atoms with van der Waals surface area (Å²) < 4.78 is 26.4. The monoisotopic (exact) mass is 428 g/mol. The van der Waals surface area contributed by atoms with Crippen molar-refractivity contribution in [3.8, 4) is 11.4 Å². The highest BCUT2D eigenvalue weighted by Gasteiger charge is 2.23. The summed E-state index contributed by atoms with van der Waals surface area (Å²) in [5, 5.41) is 14.7. The fourth-order valence-electron chi connectivity index (χ4n) is 2.78. The zero-order valence-electron chi connectivity index (χ0n) is 17.3. The van der Waals surface area contributed by atoms with Crippen molar-refractivity contribution in [3.05, 3.63) is 60.2 Å². The van der Waals surface area contributed by atoms with E-state index in [1.165, 1.54) is 53.4 Å². The lowest BCUT2D eigenvalue weighted by Crippen LogP contribution is -2.48. The van der Waals surface area contributed by atoms with Crippen LogP contribution in [0.2, 0.25) is 0 Å². The van der Waals surface area contributed by atoms with Gasteiger partial charge in [0, 0.05) is 16.8 Å². The number of carbonyl (C=O) groups excluding carboxylic acids is 2. The largest absolute Gasteiger partial charge is 0.350 e. The molecule has 0 spiro atoms. The Hall–Kier alpha value is -3.69. The normalized spacial score (nSPS) is 11.3. The molecule has 2 aromatic carbocycles. The van der Waals surface area contributed by atoms with Crippen LogP contribution in [-0.2, 0) is 16.1 Å². The van der Waals surface area contributed by atoms with Crippen molar-refractivity contribution in [1.29, 1.82) is 0 Å². The summed E-state index contributed by atoms with van der Waals surface area (Å²) in [4.78, 5) is 27.7. The van der Waals surface area contributed by atoms with Crippen LogP contribution in [0.5, 0.6) is 0 Å². The van der Waals surface area contributed by atoms with E-state index >= 15 is 0 Å². The van der Waals surface area contributed by atoms with Crippen molar-refractivity contribution < 1.29 is 18.4 Å². The molecule has 0 saturated carbocycles. The smallest absolute Gasteiger partial charge is 0.251 e. The zero-order chi connectivity index (χ0) is 22.6. The first kappa shape index (κ1) is 22.0. The lowest BCUT2D eigenvalue weighted by Gasteiger charge is -2.26. The summed E-state index contributed by atoms with van der Waals surface area (Å²) in [7, 11) is 0. The lowest BCUT2D eigenvalue weighted by atomic mass is 10.1. The van der Waals surface area contributed by atoms with Crippen LogP contribution in [0.1, 0.15) is 20.8 Å². The van der Waals surface area contributed by atoms with E-state index in [-0.39, 0.29) is 24.8 Å². The first-order valence-electron chi connectivity index (χ1n) is 9.51. The topological polar surface area (TPSA) is 93.0 Å². The van der Waals surface area contributed by atoms with Gasteiger partial charge in [0.15, 0.2) is 0 Å². The molecule has 162 valence electrons. The third-order valence-corrected chi connectivity index (χ3v) is 4.09. The summed E-state index contributed by atoms with van der Waals surface area (Å²) in [6, 6.07) is 10.8. The van der Waals surface area contributed by atoms with Gasteiger partial charge in [-0.05, 0) is 74.5 Å². The van der Waals surface area contributed by atoms with Gasteiger partial charge in [0.1, 0.15) is 24.7 Å². The third kappa shape index (κ3) is 6.14. The second-order valence-corrected chi connectivity index (χ2v) is 7.90. The van der Waals surface area contributed by atoms with Crippen LogP contribution < -0.4 is 10.2 Å². The molecule has 1 heterocycles. The van der Waals surface area contributed by atoms with Crippen LogP contribution in [0, 0.1) is 11.6 Å². The molecule has 0 aliphatic rings. The van der Waals surface area contributed by atoms with E-state index in [4.69, 9.17) is 0 Å². The number of anilines is 1. The van der Waals surface area contributed by atoms with Crippen LogP contribution in [0.15, 0.2) is 48.5 Å². The maximum absolute atomic E-state index is 13.3. The average molecular weight is 428 g/mol.